The summed E-state index contributed by atoms with van der Waals surface area (Å²) in [7, 11) is 0. The number of amides is 2. The molecule has 1 aromatic heterocycles. The first kappa shape index (κ1) is 11.4. The minimum Gasteiger partial charge on any atom is -0.323 e. The molecule has 0 bridgehead atoms. The van der Waals surface area contributed by atoms with Gasteiger partial charge in [0.2, 0.25) is 11.8 Å². The SMILES string of the molecule is Cc1cncn1CC#CCN1C(=O)CCC1=O. The van der Waals surface area contributed by atoms with E-state index >= 15 is 0 Å². The van der Waals surface area contributed by atoms with Gasteiger partial charge >= 0.3 is 0 Å². The predicted octanol–water partition coefficient (Wildman–Crippen LogP) is 0.344. The summed E-state index contributed by atoms with van der Waals surface area (Å²) in [6.07, 6.45) is 4.10. The van der Waals surface area contributed by atoms with Crippen LogP contribution in [0, 0.1) is 18.8 Å². The Morgan fingerprint density at radius 3 is 2.47 bits per heavy atom. The summed E-state index contributed by atoms with van der Waals surface area (Å²) in [5.41, 5.74) is 1.03. The maximum absolute atomic E-state index is 11.3. The van der Waals surface area contributed by atoms with Gasteiger partial charge in [-0.15, -0.1) is 0 Å². The van der Waals surface area contributed by atoms with Crippen LogP contribution in [0.1, 0.15) is 18.5 Å². The van der Waals surface area contributed by atoms with Crippen molar-refractivity contribution >= 4 is 11.8 Å². The van der Waals surface area contributed by atoms with Crippen LogP contribution in [0.3, 0.4) is 0 Å². The summed E-state index contributed by atoms with van der Waals surface area (Å²) in [6.45, 7) is 2.68. The quantitative estimate of drug-likeness (QED) is 0.545. The standard InChI is InChI=1S/C12H13N3O2/c1-10-8-13-9-14(10)6-2-3-7-15-11(16)4-5-12(15)17/h8-9H,4-7H2,1H3. The van der Waals surface area contributed by atoms with E-state index in [0.29, 0.717) is 19.4 Å². The van der Waals surface area contributed by atoms with Crippen LogP contribution in [0.15, 0.2) is 12.5 Å². The second-order valence-electron chi connectivity index (χ2n) is 3.89. The van der Waals surface area contributed by atoms with Crippen LogP contribution < -0.4 is 0 Å². The molecule has 1 aromatic rings. The number of aryl methyl sites for hydroxylation is 1. The van der Waals surface area contributed by atoms with Gasteiger partial charge in [-0.1, -0.05) is 11.8 Å². The summed E-state index contributed by atoms with van der Waals surface area (Å²) in [5, 5.41) is 0. The van der Waals surface area contributed by atoms with E-state index in [2.05, 4.69) is 16.8 Å². The number of likely N-dealkylation sites (tertiary alicyclic amines) is 1. The first-order valence-electron chi connectivity index (χ1n) is 5.44. The van der Waals surface area contributed by atoms with E-state index in [1.807, 2.05) is 11.5 Å². The lowest BCUT2D eigenvalue weighted by atomic mass is 10.4. The highest BCUT2D eigenvalue weighted by Gasteiger charge is 2.27. The van der Waals surface area contributed by atoms with Crippen LogP contribution in [0.5, 0.6) is 0 Å². The minimum absolute atomic E-state index is 0.122. The monoisotopic (exact) mass is 231 g/mol. The molecule has 1 aliphatic heterocycles. The smallest absolute Gasteiger partial charge is 0.230 e. The van der Waals surface area contributed by atoms with Gasteiger partial charge in [-0.25, -0.2) is 4.98 Å². The summed E-state index contributed by atoms with van der Waals surface area (Å²) in [4.78, 5) is 27.8. The number of rotatable bonds is 2. The van der Waals surface area contributed by atoms with Crippen LogP contribution in [-0.2, 0) is 16.1 Å². The maximum atomic E-state index is 11.3. The van der Waals surface area contributed by atoms with Gasteiger partial charge in [0.1, 0.15) is 0 Å². The molecule has 0 saturated carbocycles. The Morgan fingerprint density at radius 1 is 1.24 bits per heavy atom. The van der Waals surface area contributed by atoms with Crippen LogP contribution in [0.25, 0.3) is 0 Å². The van der Waals surface area contributed by atoms with Crippen LogP contribution in [0.4, 0.5) is 0 Å². The van der Waals surface area contributed by atoms with Gasteiger partial charge in [0.25, 0.3) is 0 Å². The van der Waals surface area contributed by atoms with E-state index in [-0.39, 0.29) is 18.4 Å². The molecule has 0 aliphatic carbocycles. The molecule has 1 saturated heterocycles. The van der Waals surface area contributed by atoms with Gasteiger partial charge in [-0.2, -0.15) is 0 Å². The lowest BCUT2D eigenvalue weighted by molar-refractivity contribution is -0.137. The minimum atomic E-state index is -0.122. The number of carbonyl (C=O) groups excluding carboxylic acids is 2. The molecule has 0 unspecified atom stereocenters. The molecular formula is C12H13N3O2. The molecule has 0 aromatic carbocycles. The largest absolute Gasteiger partial charge is 0.323 e. The lowest BCUT2D eigenvalue weighted by Gasteiger charge is -2.08. The number of aromatic nitrogens is 2. The Hall–Kier alpha value is -2.09. The average Bonchev–Trinajstić information content (AvgIpc) is 2.84. The van der Waals surface area contributed by atoms with Crippen molar-refractivity contribution in [2.75, 3.05) is 6.54 Å². The summed E-state index contributed by atoms with van der Waals surface area (Å²) in [5.74, 6) is 5.52. The van der Waals surface area contributed by atoms with E-state index in [9.17, 15) is 9.59 Å². The maximum Gasteiger partial charge on any atom is 0.230 e. The Kier molecular flexibility index (Phi) is 3.24. The first-order chi connectivity index (χ1) is 8.18. The summed E-state index contributed by atoms with van der Waals surface area (Å²) in [6, 6.07) is 0. The normalized spacial score (nSPS) is 15.0. The highest BCUT2D eigenvalue weighted by atomic mass is 16.2. The molecule has 0 atom stereocenters. The van der Waals surface area contributed by atoms with Crippen molar-refractivity contribution < 1.29 is 9.59 Å². The van der Waals surface area contributed by atoms with Gasteiger partial charge in [-0.05, 0) is 6.92 Å². The number of imidazole rings is 1. The van der Waals surface area contributed by atoms with Crippen molar-refractivity contribution in [3.8, 4) is 11.8 Å². The van der Waals surface area contributed by atoms with Crippen LogP contribution in [-0.4, -0.2) is 32.8 Å². The molecule has 5 heteroatoms. The topological polar surface area (TPSA) is 55.2 Å². The zero-order valence-corrected chi connectivity index (χ0v) is 9.64. The zero-order chi connectivity index (χ0) is 12.3. The third kappa shape index (κ3) is 2.53. The Morgan fingerprint density at radius 2 is 1.88 bits per heavy atom. The molecule has 2 amide bonds. The van der Waals surface area contributed by atoms with Crippen molar-refractivity contribution in [3.05, 3.63) is 18.2 Å². The second kappa shape index (κ2) is 4.83. The molecule has 0 N–H and O–H groups in total. The number of hydrogen-bond acceptors (Lipinski definition) is 3. The average molecular weight is 231 g/mol. The lowest BCUT2D eigenvalue weighted by Crippen LogP contribution is -2.29. The molecule has 2 heterocycles. The number of carbonyl (C=O) groups is 2. The Balaban J connectivity index is 1.89. The van der Waals surface area contributed by atoms with Crippen molar-refractivity contribution in [3.63, 3.8) is 0 Å². The van der Waals surface area contributed by atoms with E-state index in [4.69, 9.17) is 0 Å². The molecule has 88 valence electrons. The van der Waals surface area contributed by atoms with Crippen molar-refractivity contribution in [1.29, 1.82) is 0 Å². The predicted molar refractivity (Wildman–Crippen MR) is 60.7 cm³/mol. The molecule has 5 nitrogen and oxygen atoms in total. The fraction of sp³-hybridized carbons (Fsp3) is 0.417. The first-order valence-corrected chi connectivity index (χ1v) is 5.44. The fourth-order valence-electron chi connectivity index (χ4n) is 1.63. The highest BCUT2D eigenvalue weighted by Crippen LogP contribution is 2.10. The van der Waals surface area contributed by atoms with E-state index in [1.54, 1.807) is 12.5 Å². The number of imide groups is 1. The molecule has 2 rings (SSSR count). The molecular weight excluding hydrogens is 218 g/mol. The number of nitrogens with zero attached hydrogens (tertiary/aromatic N) is 3. The van der Waals surface area contributed by atoms with Gasteiger partial charge in [0.05, 0.1) is 19.4 Å². The highest BCUT2D eigenvalue weighted by molar-refractivity contribution is 6.02. The van der Waals surface area contributed by atoms with Crippen molar-refractivity contribution in [1.82, 2.24) is 14.5 Å². The Labute approximate surface area is 99.4 Å². The van der Waals surface area contributed by atoms with Gasteiger partial charge < -0.3 is 4.57 Å². The molecule has 0 spiro atoms. The third-order valence-corrected chi connectivity index (χ3v) is 2.69. The fourth-order valence-corrected chi connectivity index (χ4v) is 1.63. The van der Waals surface area contributed by atoms with Gasteiger partial charge in [-0.3, -0.25) is 14.5 Å². The van der Waals surface area contributed by atoms with Crippen LogP contribution >= 0.6 is 0 Å². The summed E-state index contributed by atoms with van der Waals surface area (Å²) < 4.78 is 1.90. The van der Waals surface area contributed by atoms with E-state index in [0.717, 1.165) is 5.69 Å². The zero-order valence-electron chi connectivity index (χ0n) is 9.64. The van der Waals surface area contributed by atoms with E-state index in [1.165, 1.54) is 4.90 Å². The van der Waals surface area contributed by atoms with Crippen LogP contribution in [0.2, 0.25) is 0 Å². The van der Waals surface area contributed by atoms with Crippen molar-refractivity contribution in [2.24, 2.45) is 0 Å². The van der Waals surface area contributed by atoms with E-state index < -0.39 is 0 Å². The second-order valence-corrected chi connectivity index (χ2v) is 3.89. The summed E-state index contributed by atoms with van der Waals surface area (Å²) >= 11 is 0. The van der Waals surface area contributed by atoms with Crippen molar-refractivity contribution in [2.45, 2.75) is 26.3 Å². The Bertz CT molecular complexity index is 491. The van der Waals surface area contributed by atoms with Gasteiger partial charge in [0, 0.05) is 24.7 Å². The number of hydrogen-bond donors (Lipinski definition) is 0. The van der Waals surface area contributed by atoms with Gasteiger partial charge in [0.15, 0.2) is 0 Å². The third-order valence-electron chi connectivity index (χ3n) is 2.69. The molecule has 0 radical (unpaired) electrons. The molecule has 17 heavy (non-hydrogen) atoms. The molecule has 1 aliphatic rings. The molecule has 1 fully saturated rings.